The Balaban J connectivity index is 2.15. The van der Waals surface area contributed by atoms with Gasteiger partial charge in [-0.3, -0.25) is 5.10 Å². The number of aromatic amines is 1. The summed E-state index contributed by atoms with van der Waals surface area (Å²) in [5.74, 6) is -0.876. The molecule has 0 aliphatic heterocycles. The maximum absolute atomic E-state index is 12.3. The maximum atomic E-state index is 12.3. The standard InChI is InChI=1S/C15H14F6N4O3/c1-8-12(5-22-25-8)24-13(26)23-9-2-10(27-6-14(16,17)18)4-11(3-9)28-7-15(19,20)21/h2-5H,6-7H2,1H3,(H,22,25)(H2,23,24,26). The van der Waals surface area contributed by atoms with E-state index in [4.69, 9.17) is 0 Å². The lowest BCUT2D eigenvalue weighted by atomic mass is 10.2. The summed E-state index contributed by atoms with van der Waals surface area (Å²) in [6, 6.07) is 2.06. The summed E-state index contributed by atoms with van der Waals surface area (Å²) in [5, 5.41) is 10.9. The number of carbonyl (C=O) groups excluding carboxylic acids is 1. The number of hydrogen-bond donors (Lipinski definition) is 3. The van der Waals surface area contributed by atoms with Crippen molar-refractivity contribution >= 4 is 17.4 Å². The number of aromatic nitrogens is 2. The second-order valence-electron chi connectivity index (χ2n) is 5.49. The first-order valence-corrected chi connectivity index (χ1v) is 7.53. The SMILES string of the molecule is Cc1[nH]ncc1NC(=O)Nc1cc(OCC(F)(F)F)cc(OCC(F)(F)F)c1. The molecule has 154 valence electrons. The molecular weight excluding hydrogens is 398 g/mol. The zero-order valence-electron chi connectivity index (χ0n) is 14.2. The molecule has 7 nitrogen and oxygen atoms in total. The Morgan fingerprint density at radius 1 is 1.00 bits per heavy atom. The number of hydrogen-bond acceptors (Lipinski definition) is 4. The number of anilines is 2. The molecule has 0 saturated heterocycles. The molecule has 1 aromatic carbocycles. The van der Waals surface area contributed by atoms with Gasteiger partial charge in [0.2, 0.25) is 0 Å². The number of nitrogens with zero attached hydrogens (tertiary/aromatic N) is 1. The Labute approximate surface area is 154 Å². The quantitative estimate of drug-likeness (QED) is 0.620. The van der Waals surface area contributed by atoms with Gasteiger partial charge < -0.3 is 20.1 Å². The third-order valence-corrected chi connectivity index (χ3v) is 3.02. The third kappa shape index (κ3) is 7.25. The minimum absolute atomic E-state index is 0.143. The summed E-state index contributed by atoms with van der Waals surface area (Å²) < 4.78 is 82.9. The highest BCUT2D eigenvalue weighted by Gasteiger charge is 2.30. The van der Waals surface area contributed by atoms with E-state index in [2.05, 4.69) is 30.3 Å². The summed E-state index contributed by atoms with van der Waals surface area (Å²) in [6.07, 6.45) is -8.01. The second kappa shape index (κ2) is 8.27. The van der Waals surface area contributed by atoms with E-state index in [0.717, 1.165) is 18.2 Å². The zero-order valence-corrected chi connectivity index (χ0v) is 14.2. The predicted molar refractivity (Wildman–Crippen MR) is 85.5 cm³/mol. The van der Waals surface area contributed by atoms with Crippen LogP contribution in [0.4, 0.5) is 42.5 Å². The van der Waals surface area contributed by atoms with Crippen LogP contribution >= 0.6 is 0 Å². The van der Waals surface area contributed by atoms with E-state index in [1.807, 2.05) is 0 Å². The van der Waals surface area contributed by atoms with Crippen molar-refractivity contribution in [3.8, 4) is 11.5 Å². The topological polar surface area (TPSA) is 88.3 Å². The van der Waals surface area contributed by atoms with Crippen LogP contribution in [0.2, 0.25) is 0 Å². The number of alkyl halides is 6. The number of carbonyl (C=O) groups is 1. The highest BCUT2D eigenvalue weighted by atomic mass is 19.4. The van der Waals surface area contributed by atoms with Crippen molar-refractivity contribution in [3.05, 3.63) is 30.1 Å². The summed E-state index contributed by atoms with van der Waals surface area (Å²) in [6.45, 7) is -1.72. The molecule has 2 amide bonds. The molecule has 0 atom stereocenters. The number of aryl methyl sites for hydroxylation is 1. The van der Waals surface area contributed by atoms with Crippen molar-refractivity contribution in [2.45, 2.75) is 19.3 Å². The van der Waals surface area contributed by atoms with Crippen LogP contribution in [-0.2, 0) is 0 Å². The fraction of sp³-hybridized carbons (Fsp3) is 0.333. The number of benzene rings is 1. The van der Waals surface area contributed by atoms with Crippen LogP contribution in [0.3, 0.4) is 0 Å². The van der Waals surface area contributed by atoms with Crippen molar-refractivity contribution in [1.29, 1.82) is 0 Å². The fourth-order valence-corrected chi connectivity index (χ4v) is 1.90. The van der Waals surface area contributed by atoms with E-state index in [0.29, 0.717) is 11.4 Å². The third-order valence-electron chi connectivity index (χ3n) is 3.02. The number of amides is 2. The van der Waals surface area contributed by atoms with E-state index < -0.39 is 43.1 Å². The van der Waals surface area contributed by atoms with Gasteiger partial charge in [-0.05, 0) is 6.92 Å². The number of H-pyrrole nitrogens is 1. The minimum atomic E-state index is -4.66. The molecule has 0 bridgehead atoms. The molecule has 0 unspecified atom stereocenters. The van der Waals surface area contributed by atoms with Gasteiger partial charge in [0, 0.05) is 23.9 Å². The first kappa shape index (κ1) is 21.2. The summed E-state index contributed by atoms with van der Waals surface area (Å²) in [5.41, 5.74) is 0.720. The van der Waals surface area contributed by atoms with Crippen molar-refractivity contribution in [2.75, 3.05) is 23.8 Å². The first-order chi connectivity index (χ1) is 12.9. The zero-order chi connectivity index (χ0) is 20.9. The highest BCUT2D eigenvalue weighted by Crippen LogP contribution is 2.29. The van der Waals surface area contributed by atoms with Crippen LogP contribution in [-0.4, -0.2) is 41.8 Å². The Morgan fingerprint density at radius 2 is 1.54 bits per heavy atom. The average Bonchev–Trinajstić information content (AvgIpc) is 2.94. The van der Waals surface area contributed by atoms with Gasteiger partial charge in [0.15, 0.2) is 13.2 Å². The van der Waals surface area contributed by atoms with Gasteiger partial charge in [-0.15, -0.1) is 0 Å². The molecule has 0 radical (unpaired) electrons. The Bertz CT molecular complexity index is 783. The Morgan fingerprint density at radius 3 is 1.96 bits per heavy atom. The van der Waals surface area contributed by atoms with Crippen molar-refractivity contribution in [1.82, 2.24) is 10.2 Å². The second-order valence-corrected chi connectivity index (χ2v) is 5.49. The number of nitrogens with one attached hydrogen (secondary N) is 3. The Kier molecular flexibility index (Phi) is 6.26. The number of halogens is 6. The highest BCUT2D eigenvalue weighted by molar-refractivity contribution is 6.00. The molecule has 3 N–H and O–H groups in total. The van der Waals surface area contributed by atoms with Gasteiger partial charge in [-0.1, -0.05) is 0 Å². The van der Waals surface area contributed by atoms with E-state index >= 15 is 0 Å². The molecule has 13 heteroatoms. The van der Waals surface area contributed by atoms with Gasteiger partial charge in [-0.2, -0.15) is 31.4 Å². The van der Waals surface area contributed by atoms with Crippen LogP contribution in [0.1, 0.15) is 5.69 Å². The molecule has 0 spiro atoms. The monoisotopic (exact) mass is 412 g/mol. The van der Waals surface area contributed by atoms with Crippen molar-refractivity contribution in [3.63, 3.8) is 0 Å². The lowest BCUT2D eigenvalue weighted by Gasteiger charge is -2.15. The molecule has 0 saturated carbocycles. The van der Waals surface area contributed by atoms with Crippen LogP contribution in [0, 0.1) is 6.92 Å². The smallest absolute Gasteiger partial charge is 0.422 e. The normalized spacial score (nSPS) is 11.8. The molecule has 0 aliphatic carbocycles. The van der Waals surface area contributed by atoms with E-state index in [1.54, 1.807) is 6.92 Å². The average molecular weight is 412 g/mol. The molecule has 0 fully saturated rings. The lowest BCUT2D eigenvalue weighted by Crippen LogP contribution is -2.21. The van der Waals surface area contributed by atoms with Gasteiger partial charge in [0.05, 0.1) is 17.6 Å². The molecular formula is C15H14F6N4O3. The number of ether oxygens (including phenoxy) is 2. The molecule has 2 rings (SSSR count). The molecule has 1 heterocycles. The van der Waals surface area contributed by atoms with E-state index in [-0.39, 0.29) is 5.69 Å². The minimum Gasteiger partial charge on any atom is -0.484 e. The molecule has 2 aromatic rings. The summed E-state index contributed by atoms with van der Waals surface area (Å²) in [4.78, 5) is 12.0. The van der Waals surface area contributed by atoms with Gasteiger partial charge in [0.25, 0.3) is 0 Å². The molecule has 28 heavy (non-hydrogen) atoms. The van der Waals surface area contributed by atoms with Crippen molar-refractivity contribution < 1.29 is 40.6 Å². The van der Waals surface area contributed by atoms with E-state index in [1.165, 1.54) is 6.20 Å². The van der Waals surface area contributed by atoms with Gasteiger partial charge in [-0.25, -0.2) is 4.79 Å². The number of urea groups is 1. The van der Waals surface area contributed by atoms with Crippen LogP contribution in [0.15, 0.2) is 24.4 Å². The summed E-state index contributed by atoms with van der Waals surface area (Å²) in [7, 11) is 0. The van der Waals surface area contributed by atoms with E-state index in [9.17, 15) is 31.1 Å². The predicted octanol–water partition coefficient (Wildman–Crippen LogP) is 4.24. The number of rotatable bonds is 6. The van der Waals surface area contributed by atoms with Gasteiger partial charge >= 0.3 is 18.4 Å². The first-order valence-electron chi connectivity index (χ1n) is 7.53. The molecule has 1 aromatic heterocycles. The largest absolute Gasteiger partial charge is 0.484 e. The van der Waals surface area contributed by atoms with Crippen LogP contribution in [0.25, 0.3) is 0 Å². The lowest BCUT2D eigenvalue weighted by molar-refractivity contribution is -0.153. The Hall–Kier alpha value is -3.12. The summed E-state index contributed by atoms with van der Waals surface area (Å²) >= 11 is 0. The molecule has 0 aliphatic rings. The van der Waals surface area contributed by atoms with Crippen LogP contribution < -0.4 is 20.1 Å². The maximum Gasteiger partial charge on any atom is 0.422 e. The van der Waals surface area contributed by atoms with Crippen molar-refractivity contribution in [2.24, 2.45) is 0 Å². The van der Waals surface area contributed by atoms with Gasteiger partial charge in [0.1, 0.15) is 11.5 Å². The fourth-order valence-electron chi connectivity index (χ4n) is 1.90. The van der Waals surface area contributed by atoms with Crippen LogP contribution in [0.5, 0.6) is 11.5 Å².